The highest BCUT2D eigenvalue weighted by atomic mass is 14.9. The van der Waals surface area contributed by atoms with Gasteiger partial charge >= 0.3 is 0 Å². The van der Waals surface area contributed by atoms with Crippen LogP contribution in [0.3, 0.4) is 0 Å². The van der Waals surface area contributed by atoms with Crippen LogP contribution in [0.5, 0.6) is 0 Å². The molecule has 0 atom stereocenters. The first-order valence-corrected chi connectivity index (χ1v) is 4.86. The molecule has 0 fully saturated rings. The molecule has 0 saturated heterocycles. The van der Waals surface area contributed by atoms with Gasteiger partial charge in [-0.15, -0.1) is 0 Å². The topological polar surface area (TPSA) is 24.9 Å². The molecule has 0 aliphatic carbocycles. The van der Waals surface area contributed by atoms with Crippen LogP contribution in [0.25, 0.3) is 10.8 Å². The Labute approximate surface area is 84.0 Å². The lowest BCUT2D eigenvalue weighted by atomic mass is 10.1. The molecule has 2 nitrogen and oxygen atoms in total. The standard InChI is InChI=1S/C12H14N2/c1-9(2)14-12-4-3-11-8-13-6-5-10(11)7-12/h3-9,14H,1-2H3. The summed E-state index contributed by atoms with van der Waals surface area (Å²) in [6, 6.07) is 8.82. The van der Waals surface area contributed by atoms with Crippen molar-refractivity contribution in [2.24, 2.45) is 0 Å². The van der Waals surface area contributed by atoms with E-state index in [1.807, 2.05) is 18.5 Å². The van der Waals surface area contributed by atoms with E-state index in [0.29, 0.717) is 6.04 Å². The second-order valence-electron chi connectivity index (χ2n) is 3.74. The number of hydrogen-bond donors (Lipinski definition) is 1. The van der Waals surface area contributed by atoms with Crippen LogP contribution in [0.2, 0.25) is 0 Å². The maximum absolute atomic E-state index is 4.08. The summed E-state index contributed by atoms with van der Waals surface area (Å²) in [5.74, 6) is 0. The summed E-state index contributed by atoms with van der Waals surface area (Å²) < 4.78 is 0. The van der Waals surface area contributed by atoms with E-state index in [-0.39, 0.29) is 0 Å². The summed E-state index contributed by atoms with van der Waals surface area (Å²) in [6.07, 6.45) is 3.70. The second-order valence-corrected chi connectivity index (χ2v) is 3.74. The van der Waals surface area contributed by atoms with Gasteiger partial charge < -0.3 is 5.32 Å². The molecule has 72 valence electrons. The van der Waals surface area contributed by atoms with Crippen molar-refractivity contribution in [1.82, 2.24) is 4.98 Å². The Balaban J connectivity index is 2.41. The molecule has 0 amide bonds. The zero-order chi connectivity index (χ0) is 9.97. The Morgan fingerprint density at radius 2 is 2.00 bits per heavy atom. The maximum atomic E-state index is 4.08. The Kier molecular flexibility index (Phi) is 2.35. The fourth-order valence-electron chi connectivity index (χ4n) is 1.51. The van der Waals surface area contributed by atoms with Crippen molar-refractivity contribution in [2.45, 2.75) is 19.9 Å². The molecule has 2 heteroatoms. The van der Waals surface area contributed by atoms with E-state index in [1.54, 1.807) is 0 Å². The third-order valence-electron chi connectivity index (χ3n) is 2.10. The number of benzene rings is 1. The fourth-order valence-corrected chi connectivity index (χ4v) is 1.51. The molecule has 0 aliphatic heterocycles. The van der Waals surface area contributed by atoms with E-state index in [0.717, 1.165) is 0 Å². The summed E-state index contributed by atoms with van der Waals surface area (Å²) in [6.45, 7) is 4.27. The maximum Gasteiger partial charge on any atom is 0.0348 e. The van der Waals surface area contributed by atoms with Crippen LogP contribution >= 0.6 is 0 Å². The monoisotopic (exact) mass is 186 g/mol. The van der Waals surface area contributed by atoms with Crippen molar-refractivity contribution in [3.05, 3.63) is 36.7 Å². The predicted molar refractivity (Wildman–Crippen MR) is 60.5 cm³/mol. The molecule has 0 radical (unpaired) electrons. The van der Waals surface area contributed by atoms with Gasteiger partial charge in [-0.3, -0.25) is 4.98 Å². The van der Waals surface area contributed by atoms with Gasteiger partial charge in [0.25, 0.3) is 0 Å². The Morgan fingerprint density at radius 3 is 2.79 bits per heavy atom. The summed E-state index contributed by atoms with van der Waals surface area (Å²) >= 11 is 0. The third-order valence-corrected chi connectivity index (χ3v) is 2.10. The van der Waals surface area contributed by atoms with Gasteiger partial charge in [0.15, 0.2) is 0 Å². The molecule has 0 spiro atoms. The van der Waals surface area contributed by atoms with E-state index in [9.17, 15) is 0 Å². The van der Waals surface area contributed by atoms with Gasteiger partial charge in [-0.25, -0.2) is 0 Å². The van der Waals surface area contributed by atoms with Crippen molar-refractivity contribution < 1.29 is 0 Å². The highest BCUT2D eigenvalue weighted by molar-refractivity contribution is 5.84. The van der Waals surface area contributed by atoms with Crippen LogP contribution in [0.1, 0.15) is 13.8 Å². The molecule has 1 aromatic heterocycles. The van der Waals surface area contributed by atoms with Gasteiger partial charge in [-0.05, 0) is 37.4 Å². The molecule has 2 rings (SSSR count). The third kappa shape index (κ3) is 1.84. The number of nitrogens with zero attached hydrogens (tertiary/aromatic N) is 1. The van der Waals surface area contributed by atoms with Crippen LogP contribution in [-0.4, -0.2) is 11.0 Å². The van der Waals surface area contributed by atoms with Crippen LogP contribution in [0, 0.1) is 0 Å². The van der Waals surface area contributed by atoms with Gasteiger partial charge in [0.2, 0.25) is 0 Å². The highest BCUT2D eigenvalue weighted by Gasteiger charge is 1.97. The molecule has 0 saturated carbocycles. The second kappa shape index (κ2) is 3.66. The largest absolute Gasteiger partial charge is 0.383 e. The average molecular weight is 186 g/mol. The zero-order valence-electron chi connectivity index (χ0n) is 8.49. The quantitative estimate of drug-likeness (QED) is 0.779. The van der Waals surface area contributed by atoms with Crippen molar-refractivity contribution >= 4 is 16.5 Å². The SMILES string of the molecule is CC(C)Nc1ccc2cnccc2c1. The van der Waals surface area contributed by atoms with E-state index in [1.165, 1.54) is 16.5 Å². The lowest BCUT2D eigenvalue weighted by molar-refractivity contribution is 0.900. The number of rotatable bonds is 2. The molecular weight excluding hydrogens is 172 g/mol. The number of anilines is 1. The van der Waals surface area contributed by atoms with E-state index >= 15 is 0 Å². The van der Waals surface area contributed by atoms with Crippen LogP contribution in [0.15, 0.2) is 36.7 Å². The van der Waals surface area contributed by atoms with E-state index < -0.39 is 0 Å². The molecule has 1 N–H and O–H groups in total. The number of fused-ring (bicyclic) bond motifs is 1. The lowest BCUT2D eigenvalue weighted by Gasteiger charge is -2.10. The highest BCUT2D eigenvalue weighted by Crippen LogP contribution is 2.18. The van der Waals surface area contributed by atoms with Crippen molar-refractivity contribution in [3.8, 4) is 0 Å². The van der Waals surface area contributed by atoms with Crippen LogP contribution in [0.4, 0.5) is 5.69 Å². The molecule has 1 aromatic carbocycles. The van der Waals surface area contributed by atoms with Crippen molar-refractivity contribution in [3.63, 3.8) is 0 Å². The average Bonchev–Trinajstić information content (AvgIpc) is 2.17. The first-order valence-electron chi connectivity index (χ1n) is 4.86. The minimum Gasteiger partial charge on any atom is -0.383 e. The first kappa shape index (κ1) is 9.00. The first-order chi connectivity index (χ1) is 6.75. The molecule has 0 unspecified atom stereocenters. The van der Waals surface area contributed by atoms with Gasteiger partial charge in [0.05, 0.1) is 0 Å². The molecule has 14 heavy (non-hydrogen) atoms. The van der Waals surface area contributed by atoms with Crippen LogP contribution < -0.4 is 5.32 Å². The Bertz CT molecular complexity index is 435. The minimum absolute atomic E-state index is 0.467. The lowest BCUT2D eigenvalue weighted by Crippen LogP contribution is -2.09. The molecule has 1 heterocycles. The van der Waals surface area contributed by atoms with E-state index in [4.69, 9.17) is 0 Å². The summed E-state index contributed by atoms with van der Waals surface area (Å²) in [4.78, 5) is 4.08. The normalized spacial score (nSPS) is 10.8. The van der Waals surface area contributed by atoms with Gasteiger partial charge in [0.1, 0.15) is 0 Å². The molecule has 2 aromatic rings. The summed E-state index contributed by atoms with van der Waals surface area (Å²) in [7, 11) is 0. The number of hydrogen-bond acceptors (Lipinski definition) is 2. The predicted octanol–water partition coefficient (Wildman–Crippen LogP) is 3.06. The minimum atomic E-state index is 0.467. The molecule has 0 bridgehead atoms. The van der Waals surface area contributed by atoms with Crippen LogP contribution in [-0.2, 0) is 0 Å². The number of nitrogens with one attached hydrogen (secondary N) is 1. The fraction of sp³-hybridized carbons (Fsp3) is 0.250. The Hall–Kier alpha value is -1.57. The van der Waals surface area contributed by atoms with Crippen molar-refractivity contribution in [2.75, 3.05) is 5.32 Å². The number of aromatic nitrogens is 1. The van der Waals surface area contributed by atoms with Gasteiger partial charge in [-0.1, -0.05) is 6.07 Å². The smallest absolute Gasteiger partial charge is 0.0348 e. The van der Waals surface area contributed by atoms with E-state index in [2.05, 4.69) is 42.3 Å². The zero-order valence-corrected chi connectivity index (χ0v) is 8.49. The molecular formula is C12H14N2. The Morgan fingerprint density at radius 1 is 1.14 bits per heavy atom. The summed E-state index contributed by atoms with van der Waals surface area (Å²) in [5, 5.41) is 5.79. The van der Waals surface area contributed by atoms with Crippen molar-refractivity contribution in [1.29, 1.82) is 0 Å². The van der Waals surface area contributed by atoms with Gasteiger partial charge in [0, 0.05) is 29.5 Å². The number of pyridine rings is 1. The molecule has 0 aliphatic rings. The van der Waals surface area contributed by atoms with Gasteiger partial charge in [-0.2, -0.15) is 0 Å². The summed E-state index contributed by atoms with van der Waals surface area (Å²) in [5.41, 5.74) is 1.17.